The van der Waals surface area contributed by atoms with Gasteiger partial charge in [-0.3, -0.25) is 4.99 Å². The van der Waals surface area contributed by atoms with Gasteiger partial charge >= 0.3 is 6.18 Å². The zero-order valence-electron chi connectivity index (χ0n) is 17.2. The number of hydrogen-bond donors (Lipinski definition) is 1. The summed E-state index contributed by atoms with van der Waals surface area (Å²) in [6, 6.07) is 3.34. The third kappa shape index (κ3) is 7.33. The highest BCUT2D eigenvalue weighted by molar-refractivity contribution is 14.0. The molecule has 172 valence electrons. The molecule has 0 unspecified atom stereocenters. The van der Waals surface area contributed by atoms with E-state index < -0.39 is 12.8 Å². The predicted octanol–water partition coefficient (Wildman–Crippen LogP) is 2.95. The van der Waals surface area contributed by atoms with E-state index in [4.69, 9.17) is 4.74 Å². The second-order valence-electron chi connectivity index (χ2n) is 6.59. The number of halogens is 4. The molecule has 1 aliphatic rings. The van der Waals surface area contributed by atoms with Crippen LogP contribution in [0, 0.1) is 0 Å². The number of aromatic nitrogens is 3. The molecule has 31 heavy (non-hydrogen) atoms. The van der Waals surface area contributed by atoms with E-state index in [9.17, 15) is 13.2 Å². The Kier molecular flexibility index (Phi) is 9.53. The summed E-state index contributed by atoms with van der Waals surface area (Å²) in [4.78, 5) is 17.1. The minimum absolute atomic E-state index is 0. The molecule has 0 atom stereocenters. The number of anilines is 1. The van der Waals surface area contributed by atoms with Crippen LogP contribution in [0.25, 0.3) is 0 Å². The number of ether oxygens (including phenoxy) is 1. The number of hydrogen-bond acceptors (Lipinski definition) is 7. The standard InChI is InChI=1S/C18H24F3N7OS.HI/c1-3-14-25-17(30-26-14)28-9-7-27(8-10-28)16(22-2)24-11-13-5-4-6-23-15(13)29-12-18(19,20)21;/h4-6H,3,7-12H2,1-2H3,(H,22,24);1H. The number of piperazine rings is 1. The summed E-state index contributed by atoms with van der Waals surface area (Å²) in [7, 11) is 1.68. The van der Waals surface area contributed by atoms with Gasteiger partial charge in [-0.1, -0.05) is 13.0 Å². The molecular weight excluding hydrogens is 546 g/mol. The van der Waals surface area contributed by atoms with Gasteiger partial charge in [-0.15, -0.1) is 24.0 Å². The lowest BCUT2D eigenvalue weighted by molar-refractivity contribution is -0.154. The number of rotatable bonds is 6. The Morgan fingerprint density at radius 2 is 2.03 bits per heavy atom. The van der Waals surface area contributed by atoms with Gasteiger partial charge < -0.3 is 19.9 Å². The van der Waals surface area contributed by atoms with E-state index in [0.29, 0.717) is 11.5 Å². The third-order valence-corrected chi connectivity index (χ3v) is 5.31. The number of pyridine rings is 1. The van der Waals surface area contributed by atoms with Crippen LogP contribution in [0.5, 0.6) is 5.88 Å². The van der Waals surface area contributed by atoms with Gasteiger partial charge in [-0.2, -0.15) is 17.5 Å². The van der Waals surface area contributed by atoms with Crippen LogP contribution in [-0.4, -0.2) is 71.2 Å². The van der Waals surface area contributed by atoms with Gasteiger partial charge in [0.05, 0.1) is 0 Å². The van der Waals surface area contributed by atoms with Gasteiger partial charge in [-0.05, 0) is 6.07 Å². The molecule has 0 bridgehead atoms. The van der Waals surface area contributed by atoms with E-state index >= 15 is 0 Å². The lowest BCUT2D eigenvalue weighted by atomic mass is 10.2. The zero-order chi connectivity index (χ0) is 21.6. The van der Waals surface area contributed by atoms with Gasteiger partial charge in [0, 0.05) is 69.5 Å². The number of guanidine groups is 1. The minimum atomic E-state index is -4.41. The summed E-state index contributed by atoms with van der Waals surface area (Å²) in [5.41, 5.74) is 0.530. The van der Waals surface area contributed by atoms with Crippen molar-refractivity contribution in [3.05, 3.63) is 29.7 Å². The Balaban J connectivity index is 0.00000341. The number of aryl methyl sites for hydroxylation is 1. The molecule has 0 aromatic carbocycles. The zero-order valence-corrected chi connectivity index (χ0v) is 20.4. The molecule has 0 saturated carbocycles. The van der Waals surface area contributed by atoms with Crippen molar-refractivity contribution >= 4 is 46.6 Å². The normalized spacial score (nSPS) is 14.9. The van der Waals surface area contributed by atoms with Crippen LogP contribution in [0.4, 0.5) is 18.3 Å². The summed E-state index contributed by atoms with van der Waals surface area (Å²) in [6.45, 7) is 3.96. The first-order valence-electron chi connectivity index (χ1n) is 9.56. The molecule has 8 nitrogen and oxygen atoms in total. The van der Waals surface area contributed by atoms with Crippen LogP contribution in [0.2, 0.25) is 0 Å². The Bertz CT molecular complexity index is 857. The molecule has 3 rings (SSSR count). The number of aliphatic imine (C=N–C) groups is 1. The molecule has 0 spiro atoms. The molecule has 0 aliphatic carbocycles. The molecular formula is C18H25F3IN7OS. The largest absolute Gasteiger partial charge is 0.468 e. The van der Waals surface area contributed by atoms with Gasteiger partial charge in [0.15, 0.2) is 12.6 Å². The fourth-order valence-corrected chi connectivity index (χ4v) is 3.77. The lowest BCUT2D eigenvalue weighted by Crippen LogP contribution is -2.52. The fourth-order valence-electron chi connectivity index (χ4n) is 2.97. The highest BCUT2D eigenvalue weighted by Crippen LogP contribution is 2.21. The van der Waals surface area contributed by atoms with Crippen molar-refractivity contribution in [2.45, 2.75) is 26.1 Å². The Hall–Kier alpha value is -1.90. The van der Waals surface area contributed by atoms with Crippen LogP contribution < -0.4 is 15.0 Å². The first kappa shape index (κ1) is 25.4. The summed E-state index contributed by atoms with van der Waals surface area (Å²) >= 11 is 1.41. The van der Waals surface area contributed by atoms with Gasteiger partial charge in [0.2, 0.25) is 11.0 Å². The van der Waals surface area contributed by atoms with Crippen LogP contribution in [0.3, 0.4) is 0 Å². The molecule has 0 amide bonds. The van der Waals surface area contributed by atoms with Gasteiger partial charge in [0.1, 0.15) is 5.82 Å². The van der Waals surface area contributed by atoms with Gasteiger partial charge in [0.25, 0.3) is 0 Å². The van der Waals surface area contributed by atoms with Crippen molar-refractivity contribution in [2.75, 3.05) is 44.7 Å². The van der Waals surface area contributed by atoms with Crippen LogP contribution in [-0.2, 0) is 13.0 Å². The first-order chi connectivity index (χ1) is 14.4. The lowest BCUT2D eigenvalue weighted by Gasteiger charge is -2.36. The number of nitrogens with one attached hydrogen (secondary N) is 1. The SMILES string of the molecule is CCc1nsc(N2CCN(C(=NC)NCc3cccnc3OCC(F)(F)F)CC2)n1.I. The topological polar surface area (TPSA) is 78.8 Å². The average Bonchev–Trinajstić information content (AvgIpc) is 3.22. The van der Waals surface area contributed by atoms with E-state index in [0.717, 1.165) is 43.6 Å². The van der Waals surface area contributed by atoms with Crippen molar-refractivity contribution in [1.82, 2.24) is 24.6 Å². The predicted molar refractivity (Wildman–Crippen MR) is 124 cm³/mol. The van der Waals surface area contributed by atoms with Crippen molar-refractivity contribution in [3.63, 3.8) is 0 Å². The molecule has 13 heteroatoms. The third-order valence-electron chi connectivity index (χ3n) is 4.49. The molecule has 1 aliphatic heterocycles. The van der Waals surface area contributed by atoms with E-state index in [2.05, 4.69) is 34.5 Å². The Morgan fingerprint density at radius 3 is 2.65 bits per heavy atom. The van der Waals surface area contributed by atoms with Crippen LogP contribution >= 0.6 is 35.5 Å². The van der Waals surface area contributed by atoms with Crippen molar-refractivity contribution in [1.29, 1.82) is 0 Å². The highest BCUT2D eigenvalue weighted by Gasteiger charge is 2.29. The smallest absolute Gasteiger partial charge is 0.422 e. The number of alkyl halides is 3. The maximum Gasteiger partial charge on any atom is 0.422 e. The molecule has 0 radical (unpaired) electrons. The average molecular weight is 571 g/mol. The summed E-state index contributed by atoms with van der Waals surface area (Å²) in [5.74, 6) is 1.49. The van der Waals surface area contributed by atoms with Crippen molar-refractivity contribution in [2.24, 2.45) is 4.99 Å². The molecule has 2 aromatic rings. The van der Waals surface area contributed by atoms with Gasteiger partial charge in [-0.25, -0.2) is 9.97 Å². The van der Waals surface area contributed by atoms with Crippen LogP contribution in [0.15, 0.2) is 23.3 Å². The van der Waals surface area contributed by atoms with E-state index in [1.807, 2.05) is 6.92 Å². The molecule has 1 saturated heterocycles. The first-order valence-corrected chi connectivity index (χ1v) is 10.3. The van der Waals surface area contributed by atoms with Crippen molar-refractivity contribution < 1.29 is 17.9 Å². The fraction of sp³-hybridized carbons (Fsp3) is 0.556. The molecule has 2 aromatic heterocycles. The molecule has 3 heterocycles. The molecule has 1 N–H and O–H groups in total. The Labute approximate surface area is 200 Å². The number of nitrogens with zero attached hydrogens (tertiary/aromatic N) is 6. The monoisotopic (exact) mass is 571 g/mol. The van der Waals surface area contributed by atoms with E-state index in [-0.39, 0.29) is 36.4 Å². The van der Waals surface area contributed by atoms with Crippen LogP contribution in [0.1, 0.15) is 18.3 Å². The second-order valence-corrected chi connectivity index (χ2v) is 7.32. The second kappa shape index (κ2) is 11.6. The van der Waals surface area contributed by atoms with E-state index in [1.54, 1.807) is 19.2 Å². The maximum atomic E-state index is 12.5. The van der Waals surface area contributed by atoms with E-state index in [1.165, 1.54) is 17.7 Å². The molecule has 1 fully saturated rings. The van der Waals surface area contributed by atoms with Crippen molar-refractivity contribution in [3.8, 4) is 5.88 Å². The quantitative estimate of drug-likeness (QED) is 0.325. The summed E-state index contributed by atoms with van der Waals surface area (Å²) in [6.07, 6.45) is -2.19. The maximum absolute atomic E-state index is 12.5. The summed E-state index contributed by atoms with van der Waals surface area (Å²) in [5, 5.41) is 4.12. The minimum Gasteiger partial charge on any atom is -0.468 e. The highest BCUT2D eigenvalue weighted by atomic mass is 127. The summed E-state index contributed by atoms with van der Waals surface area (Å²) < 4.78 is 46.5. The Morgan fingerprint density at radius 1 is 1.29 bits per heavy atom.